The van der Waals surface area contributed by atoms with Crippen LogP contribution in [0, 0.1) is 5.92 Å². The summed E-state index contributed by atoms with van der Waals surface area (Å²) in [7, 11) is 0. The summed E-state index contributed by atoms with van der Waals surface area (Å²) in [6.45, 7) is 10.3. The zero-order chi connectivity index (χ0) is 18.9. The fraction of sp³-hybridized carbons (Fsp3) is 0.824. The maximum absolute atomic E-state index is 13.0. The number of carbonyl (C=O) groups is 1. The SMILES string of the molecule is C=C(C)C(=O)OC1CCCC1C(C)(C)OC(C)C(C)(O)C(F)(F)F. The molecule has 0 aromatic rings. The Hall–Kier alpha value is -1.08. The molecular weight excluding hydrogens is 325 g/mol. The highest BCUT2D eigenvalue weighted by molar-refractivity contribution is 5.87. The summed E-state index contributed by atoms with van der Waals surface area (Å²) in [4.78, 5) is 11.7. The highest BCUT2D eigenvalue weighted by atomic mass is 19.4. The molecule has 0 heterocycles. The lowest BCUT2D eigenvalue weighted by molar-refractivity contribution is -0.301. The third-order valence-corrected chi connectivity index (χ3v) is 4.80. The van der Waals surface area contributed by atoms with Crippen molar-refractivity contribution in [2.45, 2.75) is 83.5 Å². The van der Waals surface area contributed by atoms with Crippen molar-refractivity contribution in [3.8, 4) is 0 Å². The van der Waals surface area contributed by atoms with E-state index in [0.717, 1.165) is 6.42 Å². The van der Waals surface area contributed by atoms with Crippen molar-refractivity contribution in [2.24, 2.45) is 5.92 Å². The summed E-state index contributed by atoms with van der Waals surface area (Å²) in [6, 6.07) is 0. The van der Waals surface area contributed by atoms with E-state index < -0.39 is 35.6 Å². The van der Waals surface area contributed by atoms with Gasteiger partial charge in [-0.2, -0.15) is 13.2 Å². The first-order valence-corrected chi connectivity index (χ1v) is 8.03. The maximum Gasteiger partial charge on any atom is 0.419 e. The van der Waals surface area contributed by atoms with Crippen molar-refractivity contribution >= 4 is 5.97 Å². The molecule has 1 rings (SSSR count). The second-order valence-electron chi connectivity index (χ2n) is 7.27. The lowest BCUT2D eigenvalue weighted by Gasteiger charge is -2.41. The van der Waals surface area contributed by atoms with Crippen LogP contribution in [0.3, 0.4) is 0 Å². The monoisotopic (exact) mass is 352 g/mol. The van der Waals surface area contributed by atoms with Gasteiger partial charge in [-0.05, 0) is 53.9 Å². The molecule has 0 radical (unpaired) electrons. The van der Waals surface area contributed by atoms with Gasteiger partial charge in [0.1, 0.15) is 6.10 Å². The van der Waals surface area contributed by atoms with Crippen LogP contribution in [-0.4, -0.2) is 40.7 Å². The molecule has 4 unspecified atom stereocenters. The van der Waals surface area contributed by atoms with Crippen LogP contribution in [0.15, 0.2) is 12.2 Å². The predicted octanol–water partition coefficient (Wildman–Crippen LogP) is 3.77. The predicted molar refractivity (Wildman–Crippen MR) is 83.3 cm³/mol. The molecular formula is C17H27F3O4. The van der Waals surface area contributed by atoms with Crippen LogP contribution in [0.4, 0.5) is 13.2 Å². The molecule has 4 atom stereocenters. The van der Waals surface area contributed by atoms with E-state index in [1.54, 1.807) is 13.8 Å². The Balaban J connectivity index is 2.86. The molecule has 0 spiro atoms. The second-order valence-corrected chi connectivity index (χ2v) is 7.27. The number of hydrogen-bond donors (Lipinski definition) is 1. The largest absolute Gasteiger partial charge is 0.459 e. The number of ether oxygens (including phenoxy) is 2. The van der Waals surface area contributed by atoms with Crippen molar-refractivity contribution in [1.29, 1.82) is 0 Å². The molecule has 0 amide bonds. The molecule has 4 nitrogen and oxygen atoms in total. The number of hydrogen-bond acceptors (Lipinski definition) is 4. The number of rotatable bonds is 6. The first kappa shape index (κ1) is 21.0. The molecule has 1 N–H and O–H groups in total. The van der Waals surface area contributed by atoms with Gasteiger partial charge in [0.15, 0.2) is 5.60 Å². The molecule has 0 aliphatic heterocycles. The van der Waals surface area contributed by atoms with Crippen molar-refractivity contribution in [2.75, 3.05) is 0 Å². The van der Waals surface area contributed by atoms with E-state index >= 15 is 0 Å². The minimum atomic E-state index is -4.80. The van der Waals surface area contributed by atoms with Crippen LogP contribution < -0.4 is 0 Å². The van der Waals surface area contributed by atoms with E-state index in [2.05, 4.69) is 6.58 Å². The van der Waals surface area contributed by atoms with Gasteiger partial charge in [0.05, 0.1) is 11.7 Å². The van der Waals surface area contributed by atoms with Gasteiger partial charge >= 0.3 is 12.1 Å². The number of halogens is 3. The van der Waals surface area contributed by atoms with Crippen LogP contribution >= 0.6 is 0 Å². The van der Waals surface area contributed by atoms with E-state index in [1.807, 2.05) is 0 Å². The van der Waals surface area contributed by atoms with Gasteiger partial charge < -0.3 is 14.6 Å². The van der Waals surface area contributed by atoms with E-state index in [0.29, 0.717) is 19.8 Å². The fourth-order valence-electron chi connectivity index (χ4n) is 2.99. The smallest absolute Gasteiger partial charge is 0.419 e. The third kappa shape index (κ3) is 4.51. The molecule has 1 aliphatic carbocycles. The molecule has 0 bridgehead atoms. The molecule has 24 heavy (non-hydrogen) atoms. The van der Waals surface area contributed by atoms with Gasteiger partial charge in [-0.15, -0.1) is 0 Å². The van der Waals surface area contributed by atoms with E-state index in [1.165, 1.54) is 13.8 Å². The molecule has 140 valence electrons. The number of esters is 1. The summed E-state index contributed by atoms with van der Waals surface area (Å²) >= 11 is 0. The summed E-state index contributed by atoms with van der Waals surface area (Å²) < 4.78 is 49.9. The van der Waals surface area contributed by atoms with Crippen LogP contribution in [0.5, 0.6) is 0 Å². The van der Waals surface area contributed by atoms with Crippen LogP contribution in [0.1, 0.15) is 53.9 Å². The molecule has 1 aliphatic rings. The average molecular weight is 352 g/mol. The van der Waals surface area contributed by atoms with Gasteiger partial charge in [-0.3, -0.25) is 0 Å². The minimum absolute atomic E-state index is 0.257. The Morgan fingerprint density at radius 3 is 2.25 bits per heavy atom. The third-order valence-electron chi connectivity index (χ3n) is 4.80. The highest BCUT2D eigenvalue weighted by Crippen LogP contribution is 2.42. The molecule has 0 saturated heterocycles. The van der Waals surface area contributed by atoms with Crippen LogP contribution in [-0.2, 0) is 14.3 Å². The summed E-state index contributed by atoms with van der Waals surface area (Å²) in [5.41, 5.74) is -3.69. The minimum Gasteiger partial charge on any atom is -0.459 e. The lowest BCUT2D eigenvalue weighted by atomic mass is 9.86. The van der Waals surface area contributed by atoms with Crippen LogP contribution in [0.25, 0.3) is 0 Å². The Morgan fingerprint density at radius 1 is 1.25 bits per heavy atom. The molecule has 1 fully saturated rings. The molecule has 1 saturated carbocycles. The summed E-state index contributed by atoms with van der Waals surface area (Å²) in [5, 5.41) is 9.76. The highest BCUT2D eigenvalue weighted by Gasteiger charge is 2.56. The van der Waals surface area contributed by atoms with E-state index in [4.69, 9.17) is 9.47 Å². The first-order chi connectivity index (χ1) is 10.7. The Bertz CT molecular complexity index is 483. The van der Waals surface area contributed by atoms with Crippen molar-refractivity contribution in [1.82, 2.24) is 0 Å². The van der Waals surface area contributed by atoms with E-state index in [-0.39, 0.29) is 11.5 Å². The van der Waals surface area contributed by atoms with Crippen LogP contribution in [0.2, 0.25) is 0 Å². The quantitative estimate of drug-likeness (QED) is 0.584. The van der Waals surface area contributed by atoms with Crippen molar-refractivity contribution < 1.29 is 32.5 Å². The zero-order valence-corrected chi connectivity index (χ0v) is 14.9. The van der Waals surface area contributed by atoms with Gasteiger partial charge in [-0.1, -0.05) is 6.58 Å². The van der Waals surface area contributed by atoms with Gasteiger partial charge in [0.25, 0.3) is 0 Å². The standard InChI is InChI=1S/C17H27F3O4/c1-10(2)14(21)23-13-9-7-8-12(13)15(4,5)24-11(3)16(6,22)17(18,19)20/h11-13,22H,1,7-9H2,2-6H3. The van der Waals surface area contributed by atoms with Gasteiger partial charge in [-0.25, -0.2) is 4.79 Å². The number of aliphatic hydroxyl groups is 1. The van der Waals surface area contributed by atoms with Crippen molar-refractivity contribution in [3.63, 3.8) is 0 Å². The molecule has 0 aromatic heterocycles. The van der Waals surface area contributed by atoms with Crippen molar-refractivity contribution in [3.05, 3.63) is 12.2 Å². The number of alkyl halides is 3. The lowest BCUT2D eigenvalue weighted by Crippen LogP contribution is -2.55. The Kier molecular flexibility index (Phi) is 6.15. The second kappa shape index (κ2) is 7.04. The number of carbonyl (C=O) groups excluding carboxylic acids is 1. The first-order valence-electron chi connectivity index (χ1n) is 8.03. The average Bonchev–Trinajstić information content (AvgIpc) is 2.85. The zero-order valence-electron chi connectivity index (χ0n) is 14.9. The Morgan fingerprint density at radius 2 is 1.79 bits per heavy atom. The fourth-order valence-corrected chi connectivity index (χ4v) is 2.99. The maximum atomic E-state index is 13.0. The molecule has 7 heteroatoms. The molecule has 0 aromatic carbocycles. The van der Waals surface area contributed by atoms with Gasteiger partial charge in [0.2, 0.25) is 0 Å². The van der Waals surface area contributed by atoms with Gasteiger partial charge in [0, 0.05) is 11.5 Å². The Labute approximate surface area is 141 Å². The summed E-state index contributed by atoms with van der Waals surface area (Å²) in [5.74, 6) is -0.773. The van der Waals surface area contributed by atoms with E-state index in [9.17, 15) is 23.1 Å². The normalized spacial score (nSPS) is 25.9. The summed E-state index contributed by atoms with van der Waals surface area (Å²) in [6.07, 6.45) is -4.62. The topological polar surface area (TPSA) is 55.8 Å².